The molecule has 0 aliphatic rings. The lowest BCUT2D eigenvalue weighted by Crippen LogP contribution is -2.17. The summed E-state index contributed by atoms with van der Waals surface area (Å²) in [6.07, 6.45) is -3.46. The highest BCUT2D eigenvalue weighted by Crippen LogP contribution is 2.24. The van der Waals surface area contributed by atoms with Gasteiger partial charge in [-0.2, -0.15) is 11.8 Å². The van der Waals surface area contributed by atoms with E-state index in [2.05, 4.69) is 4.74 Å². The van der Waals surface area contributed by atoms with Gasteiger partial charge in [0.2, 0.25) is 0 Å². The van der Waals surface area contributed by atoms with Gasteiger partial charge in [0.05, 0.1) is 5.92 Å². The van der Waals surface area contributed by atoms with Crippen molar-refractivity contribution >= 4 is 23.9 Å². The van der Waals surface area contributed by atoms with Gasteiger partial charge in [-0.3, -0.25) is 4.79 Å². The van der Waals surface area contributed by atoms with Gasteiger partial charge < -0.3 is 15.3 Å². The average molecular weight is 321 g/mol. The lowest BCUT2D eigenvalue weighted by Gasteiger charge is -2.09. The van der Waals surface area contributed by atoms with Crippen LogP contribution < -0.4 is 4.74 Å². The van der Waals surface area contributed by atoms with E-state index in [1.54, 1.807) is 0 Å². The molecule has 0 spiro atoms. The van der Waals surface area contributed by atoms with Gasteiger partial charge in [-0.25, -0.2) is 0 Å². The number of alkyl halides is 3. The minimum Gasteiger partial charge on any atom is -0.481 e. The van der Waals surface area contributed by atoms with Crippen LogP contribution in [-0.2, 0) is 10.5 Å². The van der Waals surface area contributed by atoms with Gasteiger partial charge in [0, 0.05) is 12.0 Å². The Morgan fingerprint density at radius 3 is 2.48 bits per heavy atom. The average Bonchev–Trinajstić information content (AvgIpc) is 2.38. The third-order valence-electron chi connectivity index (χ3n) is 2.52. The Kier molecular flexibility index (Phi) is 6.54. The van der Waals surface area contributed by atoms with E-state index in [9.17, 15) is 18.0 Å². The fourth-order valence-electron chi connectivity index (χ4n) is 1.47. The topological polar surface area (TPSA) is 70.4 Å². The Hall–Kier alpha value is -1.70. The van der Waals surface area contributed by atoms with Gasteiger partial charge in [-0.05, 0) is 29.9 Å². The second-order valence-corrected chi connectivity index (χ2v) is 5.25. The predicted octanol–water partition coefficient (Wildman–Crippen LogP) is 3.56. The molecule has 0 heterocycles. The number of ether oxygens (including phenoxy) is 1. The number of carboxylic acid groups (broad SMARTS) is 1. The van der Waals surface area contributed by atoms with Crippen molar-refractivity contribution in [1.29, 1.82) is 5.41 Å². The molecule has 0 radical (unpaired) electrons. The minimum atomic E-state index is -4.70. The van der Waals surface area contributed by atoms with Gasteiger partial charge in [0.25, 0.3) is 0 Å². The van der Waals surface area contributed by atoms with Gasteiger partial charge in [-0.1, -0.05) is 12.1 Å². The maximum atomic E-state index is 12.0. The van der Waals surface area contributed by atoms with Crippen LogP contribution in [-0.4, -0.2) is 29.4 Å². The van der Waals surface area contributed by atoms with E-state index in [4.69, 9.17) is 10.5 Å². The first-order valence-corrected chi connectivity index (χ1v) is 7.13. The zero-order chi connectivity index (χ0) is 15.9. The van der Waals surface area contributed by atoms with Crippen LogP contribution in [0.2, 0.25) is 0 Å². The van der Waals surface area contributed by atoms with Crippen LogP contribution in [0.25, 0.3) is 0 Å². The van der Waals surface area contributed by atoms with Crippen LogP contribution in [0.4, 0.5) is 13.2 Å². The fraction of sp³-hybridized carbons (Fsp3) is 0.385. The number of aliphatic carboxylic acids is 1. The Bertz CT molecular complexity index is 477. The van der Waals surface area contributed by atoms with E-state index in [0.717, 1.165) is 11.8 Å². The second kappa shape index (κ2) is 7.92. The fourth-order valence-corrected chi connectivity index (χ4v) is 2.46. The van der Waals surface area contributed by atoms with Crippen LogP contribution in [0.3, 0.4) is 0 Å². The molecule has 0 saturated carbocycles. The number of hydrogen-bond donors (Lipinski definition) is 2. The maximum Gasteiger partial charge on any atom is 0.573 e. The van der Waals surface area contributed by atoms with Crippen molar-refractivity contribution in [2.24, 2.45) is 5.92 Å². The number of carboxylic acids is 1. The summed E-state index contributed by atoms with van der Waals surface area (Å²) < 4.78 is 39.7. The summed E-state index contributed by atoms with van der Waals surface area (Å²) in [6, 6.07) is 5.53. The largest absolute Gasteiger partial charge is 0.573 e. The molecule has 21 heavy (non-hydrogen) atoms. The van der Waals surface area contributed by atoms with Crippen molar-refractivity contribution in [1.82, 2.24) is 0 Å². The Labute approximate surface area is 123 Å². The lowest BCUT2D eigenvalue weighted by atomic mass is 10.1. The quantitative estimate of drug-likeness (QED) is 0.567. The summed E-state index contributed by atoms with van der Waals surface area (Å²) in [7, 11) is 0. The number of carbonyl (C=O) groups is 1. The van der Waals surface area contributed by atoms with E-state index in [1.807, 2.05) is 0 Å². The number of halogens is 3. The molecule has 1 atom stereocenters. The SMILES string of the molecule is N=CC(CCSCc1ccc(OC(F)(F)F)cc1)C(=O)O. The predicted molar refractivity (Wildman–Crippen MR) is 73.8 cm³/mol. The van der Waals surface area contributed by atoms with E-state index < -0.39 is 18.2 Å². The molecule has 1 aromatic rings. The molecular formula is C13H14F3NO3S. The molecule has 2 N–H and O–H groups in total. The first kappa shape index (κ1) is 17.4. The highest BCUT2D eigenvalue weighted by Gasteiger charge is 2.30. The standard InChI is InChI=1S/C13H14F3NO3S/c14-13(15,16)20-11-3-1-9(2-4-11)8-21-6-5-10(7-17)12(18)19/h1-4,7,10,17H,5-6,8H2,(H,18,19). The normalized spacial score (nSPS) is 12.7. The third-order valence-corrected chi connectivity index (χ3v) is 3.58. The van der Waals surface area contributed by atoms with Crippen LogP contribution in [0.1, 0.15) is 12.0 Å². The van der Waals surface area contributed by atoms with Crippen molar-refractivity contribution in [3.8, 4) is 5.75 Å². The maximum absolute atomic E-state index is 12.0. The molecule has 0 amide bonds. The highest BCUT2D eigenvalue weighted by molar-refractivity contribution is 7.98. The molecule has 116 valence electrons. The smallest absolute Gasteiger partial charge is 0.481 e. The summed E-state index contributed by atoms with van der Waals surface area (Å²) >= 11 is 1.46. The van der Waals surface area contributed by atoms with Crippen molar-refractivity contribution in [2.45, 2.75) is 18.5 Å². The number of nitrogens with one attached hydrogen (secondary N) is 1. The summed E-state index contributed by atoms with van der Waals surface area (Å²) in [5, 5.41) is 15.7. The van der Waals surface area contributed by atoms with E-state index in [-0.39, 0.29) is 5.75 Å². The second-order valence-electron chi connectivity index (χ2n) is 4.14. The molecule has 4 nitrogen and oxygen atoms in total. The van der Waals surface area contributed by atoms with Gasteiger partial charge in [-0.15, -0.1) is 13.2 Å². The monoisotopic (exact) mass is 321 g/mol. The summed E-state index contributed by atoms with van der Waals surface area (Å²) in [5.41, 5.74) is 0.816. The van der Waals surface area contributed by atoms with E-state index >= 15 is 0 Å². The zero-order valence-corrected chi connectivity index (χ0v) is 11.7. The zero-order valence-electron chi connectivity index (χ0n) is 10.9. The molecule has 1 unspecified atom stereocenters. The molecule has 0 aliphatic carbocycles. The molecule has 1 rings (SSSR count). The minimum absolute atomic E-state index is 0.272. The number of rotatable bonds is 8. The molecule has 0 bridgehead atoms. The van der Waals surface area contributed by atoms with Gasteiger partial charge >= 0.3 is 12.3 Å². The summed E-state index contributed by atoms with van der Waals surface area (Å²) in [5.74, 6) is -0.991. The van der Waals surface area contributed by atoms with Crippen LogP contribution in [0.5, 0.6) is 5.75 Å². The van der Waals surface area contributed by atoms with E-state index in [1.165, 1.54) is 36.0 Å². The summed E-state index contributed by atoms with van der Waals surface area (Å²) in [4.78, 5) is 10.7. The Balaban J connectivity index is 2.36. The summed E-state index contributed by atoms with van der Waals surface area (Å²) in [6.45, 7) is 0. The van der Waals surface area contributed by atoms with Crippen molar-refractivity contribution in [3.05, 3.63) is 29.8 Å². The number of hydrogen-bond acceptors (Lipinski definition) is 4. The third kappa shape index (κ3) is 7.03. The Morgan fingerprint density at radius 1 is 1.38 bits per heavy atom. The number of benzene rings is 1. The molecule has 8 heteroatoms. The number of thioether (sulfide) groups is 1. The molecule has 0 aromatic heterocycles. The van der Waals surface area contributed by atoms with Gasteiger partial charge in [0.15, 0.2) is 0 Å². The Morgan fingerprint density at radius 2 is 2.00 bits per heavy atom. The van der Waals surface area contributed by atoms with Crippen LogP contribution >= 0.6 is 11.8 Å². The van der Waals surface area contributed by atoms with Crippen LogP contribution in [0.15, 0.2) is 24.3 Å². The van der Waals surface area contributed by atoms with E-state index in [0.29, 0.717) is 17.9 Å². The molecule has 0 fully saturated rings. The van der Waals surface area contributed by atoms with Gasteiger partial charge in [0.1, 0.15) is 5.75 Å². The van der Waals surface area contributed by atoms with Crippen LogP contribution in [0, 0.1) is 11.3 Å². The molecular weight excluding hydrogens is 307 g/mol. The van der Waals surface area contributed by atoms with Crippen molar-refractivity contribution in [3.63, 3.8) is 0 Å². The molecule has 0 saturated heterocycles. The van der Waals surface area contributed by atoms with Crippen molar-refractivity contribution in [2.75, 3.05) is 5.75 Å². The molecule has 1 aromatic carbocycles. The highest BCUT2D eigenvalue weighted by atomic mass is 32.2. The first-order valence-electron chi connectivity index (χ1n) is 5.97. The first-order chi connectivity index (χ1) is 9.81. The molecule has 0 aliphatic heterocycles. The van der Waals surface area contributed by atoms with Crippen molar-refractivity contribution < 1.29 is 27.8 Å². The lowest BCUT2D eigenvalue weighted by molar-refractivity contribution is -0.274.